The Labute approximate surface area is 89.4 Å². The number of methoxy groups -OCH3 is 1. The van der Waals surface area contributed by atoms with Crippen molar-refractivity contribution in [2.45, 2.75) is 33.3 Å². The normalized spacial score (nSPS) is 16.5. The zero-order valence-electron chi connectivity index (χ0n) is 9.57. The molecule has 0 aromatic carbocycles. The molecule has 0 aromatic rings. The Hall–Kier alpha value is -1.10. The van der Waals surface area contributed by atoms with Gasteiger partial charge in [-0.2, -0.15) is 0 Å². The number of aliphatic carboxylic acids is 1. The summed E-state index contributed by atoms with van der Waals surface area (Å²) in [7, 11) is 1.34. The van der Waals surface area contributed by atoms with E-state index in [1.807, 2.05) is 6.92 Å². The highest BCUT2D eigenvalue weighted by Crippen LogP contribution is 2.20. The third-order valence-electron chi connectivity index (χ3n) is 2.24. The fourth-order valence-electron chi connectivity index (χ4n) is 0.893. The molecule has 0 aromatic heterocycles. The predicted octanol–water partition coefficient (Wildman–Crippen LogP) is 1.07. The molecule has 1 N–H and O–H groups in total. The van der Waals surface area contributed by atoms with Crippen LogP contribution in [0.2, 0.25) is 0 Å². The molecule has 0 spiro atoms. The predicted molar refractivity (Wildman–Crippen MR) is 53.5 cm³/mol. The number of carbonyl (C=O) groups is 2. The smallest absolute Gasteiger partial charge is 0.325 e. The molecule has 0 bridgehead atoms. The topological polar surface area (TPSA) is 72.8 Å². The van der Waals surface area contributed by atoms with Crippen molar-refractivity contribution in [2.75, 3.05) is 13.7 Å². The van der Waals surface area contributed by atoms with E-state index in [1.54, 1.807) is 6.92 Å². The summed E-state index contributed by atoms with van der Waals surface area (Å²) >= 11 is 0. The van der Waals surface area contributed by atoms with Gasteiger partial charge in [0, 0.05) is 7.11 Å². The third-order valence-corrected chi connectivity index (χ3v) is 2.24. The molecule has 0 heterocycles. The summed E-state index contributed by atoms with van der Waals surface area (Å²) in [6.45, 7) is 4.67. The van der Waals surface area contributed by atoms with Gasteiger partial charge in [0.05, 0.1) is 12.7 Å². The van der Waals surface area contributed by atoms with Crippen molar-refractivity contribution < 1.29 is 24.2 Å². The monoisotopic (exact) mass is 218 g/mol. The van der Waals surface area contributed by atoms with Crippen molar-refractivity contribution in [2.24, 2.45) is 5.41 Å². The van der Waals surface area contributed by atoms with Gasteiger partial charge in [0.15, 0.2) is 5.41 Å². The molecule has 0 fully saturated rings. The lowest BCUT2D eigenvalue weighted by Crippen LogP contribution is -2.42. The van der Waals surface area contributed by atoms with Crippen LogP contribution in [0, 0.1) is 5.41 Å². The molecule has 0 radical (unpaired) electrons. The highest BCUT2D eigenvalue weighted by molar-refractivity contribution is 5.98. The Morgan fingerprint density at radius 1 is 1.47 bits per heavy atom. The summed E-state index contributed by atoms with van der Waals surface area (Å²) in [5.74, 6) is -2.00. The van der Waals surface area contributed by atoms with E-state index in [-0.39, 0.29) is 12.7 Å². The highest BCUT2D eigenvalue weighted by atomic mass is 16.6. The van der Waals surface area contributed by atoms with Crippen LogP contribution < -0.4 is 0 Å². The zero-order chi connectivity index (χ0) is 12.1. The van der Waals surface area contributed by atoms with Gasteiger partial charge in [-0.25, -0.2) is 0 Å². The van der Waals surface area contributed by atoms with E-state index in [1.165, 1.54) is 14.0 Å². The number of carbonyl (C=O) groups excluding carboxylic acids is 1. The standard InChI is InChI=1S/C10H18O5/c1-5-7(2)15-9(13)10(3,6-14-4)8(11)12/h7H,5-6H2,1-4H3,(H,11,12). The fraction of sp³-hybridized carbons (Fsp3) is 0.800. The number of hydrogen-bond donors (Lipinski definition) is 1. The van der Waals surface area contributed by atoms with Gasteiger partial charge in [-0.3, -0.25) is 9.59 Å². The van der Waals surface area contributed by atoms with Crippen LogP contribution >= 0.6 is 0 Å². The Kier molecular flexibility index (Phi) is 5.28. The average molecular weight is 218 g/mol. The van der Waals surface area contributed by atoms with E-state index < -0.39 is 17.4 Å². The maximum Gasteiger partial charge on any atom is 0.325 e. The summed E-state index contributed by atoms with van der Waals surface area (Å²) < 4.78 is 9.70. The van der Waals surface area contributed by atoms with Crippen molar-refractivity contribution in [1.82, 2.24) is 0 Å². The van der Waals surface area contributed by atoms with Crippen LogP contribution in [0.3, 0.4) is 0 Å². The first-order valence-electron chi connectivity index (χ1n) is 4.81. The van der Waals surface area contributed by atoms with Crippen molar-refractivity contribution in [3.05, 3.63) is 0 Å². The van der Waals surface area contributed by atoms with Crippen molar-refractivity contribution >= 4 is 11.9 Å². The Balaban J connectivity index is 4.63. The fourth-order valence-corrected chi connectivity index (χ4v) is 0.893. The zero-order valence-corrected chi connectivity index (χ0v) is 9.57. The Morgan fingerprint density at radius 3 is 2.33 bits per heavy atom. The van der Waals surface area contributed by atoms with Gasteiger partial charge >= 0.3 is 11.9 Å². The molecule has 0 aliphatic rings. The molecular weight excluding hydrogens is 200 g/mol. The van der Waals surface area contributed by atoms with Gasteiger partial charge in [-0.15, -0.1) is 0 Å². The minimum absolute atomic E-state index is 0.197. The molecule has 2 atom stereocenters. The molecule has 0 saturated heterocycles. The SMILES string of the molecule is CCC(C)OC(=O)C(C)(COC)C(=O)O. The average Bonchev–Trinajstić information content (AvgIpc) is 2.17. The Morgan fingerprint density at radius 2 is 2.00 bits per heavy atom. The van der Waals surface area contributed by atoms with E-state index in [0.717, 1.165) is 0 Å². The molecule has 0 saturated carbocycles. The first-order valence-corrected chi connectivity index (χ1v) is 4.81. The lowest BCUT2D eigenvalue weighted by Gasteiger charge is -2.23. The molecule has 0 rings (SSSR count). The van der Waals surface area contributed by atoms with E-state index in [0.29, 0.717) is 6.42 Å². The van der Waals surface area contributed by atoms with Gasteiger partial charge < -0.3 is 14.6 Å². The number of ether oxygens (including phenoxy) is 2. The highest BCUT2D eigenvalue weighted by Gasteiger charge is 2.43. The lowest BCUT2D eigenvalue weighted by atomic mass is 9.92. The van der Waals surface area contributed by atoms with Crippen LogP contribution in [-0.2, 0) is 19.1 Å². The van der Waals surface area contributed by atoms with Gasteiger partial charge in [0.2, 0.25) is 0 Å². The number of esters is 1. The van der Waals surface area contributed by atoms with Crippen molar-refractivity contribution in [3.63, 3.8) is 0 Å². The summed E-state index contributed by atoms with van der Waals surface area (Å²) in [4.78, 5) is 22.5. The first kappa shape index (κ1) is 13.9. The molecule has 0 aliphatic carbocycles. The third kappa shape index (κ3) is 3.51. The second-order valence-electron chi connectivity index (χ2n) is 3.69. The van der Waals surface area contributed by atoms with E-state index in [4.69, 9.17) is 14.6 Å². The molecular formula is C10H18O5. The minimum atomic E-state index is -1.63. The van der Waals surface area contributed by atoms with Crippen LogP contribution in [0.5, 0.6) is 0 Å². The van der Waals surface area contributed by atoms with Crippen LogP contribution in [0.1, 0.15) is 27.2 Å². The Bertz CT molecular complexity index is 238. The maximum absolute atomic E-state index is 11.6. The molecule has 0 amide bonds. The molecule has 0 aliphatic heterocycles. The molecule has 5 nitrogen and oxygen atoms in total. The number of rotatable bonds is 6. The summed E-state index contributed by atoms with van der Waals surface area (Å²) in [6.07, 6.45) is 0.363. The largest absolute Gasteiger partial charge is 0.480 e. The number of carboxylic acid groups (broad SMARTS) is 1. The number of hydrogen-bond acceptors (Lipinski definition) is 4. The van der Waals surface area contributed by atoms with Gasteiger partial charge in [0.1, 0.15) is 0 Å². The summed E-state index contributed by atoms with van der Waals surface area (Å²) in [5.41, 5.74) is -1.63. The first-order chi connectivity index (χ1) is 6.88. The van der Waals surface area contributed by atoms with E-state index >= 15 is 0 Å². The molecule has 88 valence electrons. The maximum atomic E-state index is 11.6. The van der Waals surface area contributed by atoms with Crippen molar-refractivity contribution in [3.8, 4) is 0 Å². The summed E-state index contributed by atoms with van der Waals surface area (Å²) in [6, 6.07) is 0. The molecule has 2 unspecified atom stereocenters. The van der Waals surface area contributed by atoms with Crippen molar-refractivity contribution in [1.29, 1.82) is 0 Å². The number of carboxylic acids is 1. The molecule has 15 heavy (non-hydrogen) atoms. The molecule has 5 heteroatoms. The lowest BCUT2D eigenvalue weighted by molar-refractivity contribution is -0.174. The van der Waals surface area contributed by atoms with Gasteiger partial charge in [0.25, 0.3) is 0 Å². The van der Waals surface area contributed by atoms with Crippen LogP contribution in [0.15, 0.2) is 0 Å². The van der Waals surface area contributed by atoms with Crippen LogP contribution in [0.4, 0.5) is 0 Å². The van der Waals surface area contributed by atoms with Gasteiger partial charge in [-0.05, 0) is 20.3 Å². The summed E-state index contributed by atoms with van der Waals surface area (Å²) in [5, 5.41) is 8.94. The van der Waals surface area contributed by atoms with Crippen LogP contribution in [-0.4, -0.2) is 36.9 Å². The van der Waals surface area contributed by atoms with E-state index in [2.05, 4.69) is 0 Å². The second-order valence-corrected chi connectivity index (χ2v) is 3.69. The quantitative estimate of drug-likeness (QED) is 0.533. The van der Waals surface area contributed by atoms with Crippen LogP contribution in [0.25, 0.3) is 0 Å². The second kappa shape index (κ2) is 5.70. The minimum Gasteiger partial charge on any atom is -0.480 e. The van der Waals surface area contributed by atoms with E-state index in [9.17, 15) is 9.59 Å². The van der Waals surface area contributed by atoms with Gasteiger partial charge in [-0.1, -0.05) is 6.92 Å².